The van der Waals surface area contributed by atoms with Crippen LogP contribution < -0.4 is 5.73 Å². The summed E-state index contributed by atoms with van der Waals surface area (Å²) in [5, 5.41) is 0. The molecule has 1 heterocycles. The summed E-state index contributed by atoms with van der Waals surface area (Å²) >= 11 is 0. The summed E-state index contributed by atoms with van der Waals surface area (Å²) in [5.41, 5.74) is 5.67. The highest BCUT2D eigenvalue weighted by atomic mass is 16.5. The van der Waals surface area contributed by atoms with Crippen LogP contribution in [-0.2, 0) is 9.53 Å². The molecule has 2 N–H and O–H groups in total. The SMILES string of the molecule is COCCCC(=O)N1CCCCC1CN. The first kappa shape index (κ1) is 12.5. The van der Waals surface area contributed by atoms with Crippen molar-refractivity contribution in [3.8, 4) is 0 Å². The van der Waals surface area contributed by atoms with E-state index in [1.165, 1.54) is 6.42 Å². The molecule has 0 aromatic heterocycles. The molecule has 88 valence electrons. The van der Waals surface area contributed by atoms with Crippen molar-refractivity contribution in [1.29, 1.82) is 0 Å². The lowest BCUT2D eigenvalue weighted by Crippen LogP contribution is -2.47. The van der Waals surface area contributed by atoms with Gasteiger partial charge in [-0.2, -0.15) is 0 Å². The van der Waals surface area contributed by atoms with Crippen LogP contribution in [0.4, 0.5) is 0 Å². The molecule has 1 amide bonds. The van der Waals surface area contributed by atoms with E-state index in [0.717, 1.165) is 25.8 Å². The molecule has 0 aromatic rings. The second-order valence-electron chi connectivity index (χ2n) is 4.07. The fourth-order valence-corrected chi connectivity index (χ4v) is 2.09. The van der Waals surface area contributed by atoms with Crippen LogP contribution in [0.3, 0.4) is 0 Å². The summed E-state index contributed by atoms with van der Waals surface area (Å²) in [6.07, 6.45) is 4.77. The molecule has 0 bridgehead atoms. The average Bonchev–Trinajstić information content (AvgIpc) is 2.29. The minimum absolute atomic E-state index is 0.238. The number of hydrogen-bond donors (Lipinski definition) is 1. The predicted octanol–water partition coefficient (Wildman–Crippen LogP) is 0.753. The molecule has 1 saturated heterocycles. The highest BCUT2D eigenvalue weighted by Gasteiger charge is 2.24. The van der Waals surface area contributed by atoms with Gasteiger partial charge in [-0.15, -0.1) is 0 Å². The van der Waals surface area contributed by atoms with Crippen LogP contribution in [0.15, 0.2) is 0 Å². The molecule has 1 fully saturated rings. The van der Waals surface area contributed by atoms with Crippen molar-refractivity contribution in [3.05, 3.63) is 0 Å². The first-order chi connectivity index (χ1) is 7.29. The molecule has 1 unspecified atom stereocenters. The summed E-state index contributed by atoms with van der Waals surface area (Å²) in [6, 6.07) is 0.272. The largest absolute Gasteiger partial charge is 0.385 e. The van der Waals surface area contributed by atoms with Crippen LogP contribution >= 0.6 is 0 Å². The molecule has 1 aliphatic rings. The predicted molar refractivity (Wildman–Crippen MR) is 59.5 cm³/mol. The Morgan fingerprint density at radius 2 is 2.33 bits per heavy atom. The third-order valence-corrected chi connectivity index (χ3v) is 2.96. The molecular weight excluding hydrogens is 192 g/mol. The summed E-state index contributed by atoms with van der Waals surface area (Å²) in [6.45, 7) is 2.14. The van der Waals surface area contributed by atoms with E-state index < -0.39 is 0 Å². The molecule has 4 heteroatoms. The minimum atomic E-state index is 0.238. The van der Waals surface area contributed by atoms with Gasteiger partial charge in [-0.25, -0.2) is 0 Å². The van der Waals surface area contributed by atoms with E-state index in [4.69, 9.17) is 10.5 Å². The van der Waals surface area contributed by atoms with Crippen molar-refractivity contribution in [2.24, 2.45) is 5.73 Å². The van der Waals surface area contributed by atoms with Gasteiger partial charge in [0.2, 0.25) is 5.91 Å². The Morgan fingerprint density at radius 1 is 1.53 bits per heavy atom. The van der Waals surface area contributed by atoms with Crippen LogP contribution in [-0.4, -0.2) is 43.7 Å². The first-order valence-electron chi connectivity index (χ1n) is 5.78. The normalized spacial score (nSPS) is 21.7. The quantitative estimate of drug-likeness (QED) is 0.687. The number of methoxy groups -OCH3 is 1. The van der Waals surface area contributed by atoms with E-state index in [2.05, 4.69) is 0 Å². The van der Waals surface area contributed by atoms with Crippen LogP contribution in [0, 0.1) is 0 Å². The third kappa shape index (κ3) is 3.80. The zero-order valence-corrected chi connectivity index (χ0v) is 9.58. The summed E-state index contributed by atoms with van der Waals surface area (Å²) in [5.74, 6) is 0.238. The van der Waals surface area contributed by atoms with Gasteiger partial charge in [0.1, 0.15) is 0 Å². The summed E-state index contributed by atoms with van der Waals surface area (Å²) < 4.78 is 4.94. The van der Waals surface area contributed by atoms with E-state index in [9.17, 15) is 4.79 Å². The monoisotopic (exact) mass is 214 g/mol. The number of carbonyl (C=O) groups excluding carboxylic acids is 1. The first-order valence-corrected chi connectivity index (χ1v) is 5.78. The molecule has 0 radical (unpaired) electrons. The van der Waals surface area contributed by atoms with Crippen LogP contribution in [0.5, 0.6) is 0 Å². The molecule has 1 aliphatic heterocycles. The molecule has 4 nitrogen and oxygen atoms in total. The Hall–Kier alpha value is -0.610. The van der Waals surface area contributed by atoms with Gasteiger partial charge in [0.25, 0.3) is 0 Å². The van der Waals surface area contributed by atoms with Gasteiger partial charge in [-0.3, -0.25) is 4.79 Å². The van der Waals surface area contributed by atoms with E-state index in [1.807, 2.05) is 4.90 Å². The Balaban J connectivity index is 2.34. The zero-order valence-electron chi connectivity index (χ0n) is 9.58. The Bertz CT molecular complexity index is 197. The molecule has 1 atom stereocenters. The van der Waals surface area contributed by atoms with Gasteiger partial charge in [-0.05, 0) is 25.7 Å². The average molecular weight is 214 g/mol. The van der Waals surface area contributed by atoms with Crippen molar-refractivity contribution in [3.63, 3.8) is 0 Å². The lowest BCUT2D eigenvalue weighted by molar-refractivity contribution is -0.134. The van der Waals surface area contributed by atoms with Crippen molar-refractivity contribution in [2.75, 3.05) is 26.8 Å². The molecule has 15 heavy (non-hydrogen) atoms. The van der Waals surface area contributed by atoms with Crippen molar-refractivity contribution in [1.82, 2.24) is 4.90 Å². The highest BCUT2D eigenvalue weighted by molar-refractivity contribution is 5.76. The Kier molecular flexibility index (Phi) is 5.65. The number of likely N-dealkylation sites (tertiary alicyclic amines) is 1. The zero-order chi connectivity index (χ0) is 11.1. The van der Waals surface area contributed by atoms with E-state index in [1.54, 1.807) is 7.11 Å². The smallest absolute Gasteiger partial charge is 0.222 e. The standard InChI is InChI=1S/C11H22N2O2/c1-15-8-4-6-11(14)13-7-3-2-5-10(13)9-12/h10H,2-9,12H2,1H3. The lowest BCUT2D eigenvalue weighted by atomic mass is 10.0. The molecule has 0 saturated carbocycles. The van der Waals surface area contributed by atoms with Gasteiger partial charge in [0.05, 0.1) is 0 Å². The maximum atomic E-state index is 11.9. The number of piperidine rings is 1. The van der Waals surface area contributed by atoms with E-state index >= 15 is 0 Å². The molecule has 0 aliphatic carbocycles. The number of rotatable bonds is 5. The number of amides is 1. The van der Waals surface area contributed by atoms with Crippen LogP contribution in [0.25, 0.3) is 0 Å². The van der Waals surface area contributed by atoms with Crippen molar-refractivity contribution >= 4 is 5.91 Å². The fourth-order valence-electron chi connectivity index (χ4n) is 2.09. The number of nitrogens with two attached hydrogens (primary N) is 1. The van der Waals surface area contributed by atoms with Gasteiger partial charge in [0, 0.05) is 39.3 Å². The van der Waals surface area contributed by atoms with Gasteiger partial charge < -0.3 is 15.4 Å². The second kappa shape index (κ2) is 6.80. The van der Waals surface area contributed by atoms with Gasteiger partial charge in [-0.1, -0.05) is 0 Å². The Labute approximate surface area is 91.8 Å². The van der Waals surface area contributed by atoms with Crippen molar-refractivity contribution in [2.45, 2.75) is 38.1 Å². The number of carbonyl (C=O) groups is 1. The number of nitrogens with zero attached hydrogens (tertiary/aromatic N) is 1. The minimum Gasteiger partial charge on any atom is -0.385 e. The van der Waals surface area contributed by atoms with E-state index in [-0.39, 0.29) is 11.9 Å². The van der Waals surface area contributed by atoms with Gasteiger partial charge >= 0.3 is 0 Å². The topological polar surface area (TPSA) is 55.6 Å². The molecule has 0 aromatic carbocycles. The maximum absolute atomic E-state index is 11.9. The Morgan fingerprint density at radius 3 is 3.00 bits per heavy atom. The lowest BCUT2D eigenvalue weighted by Gasteiger charge is -2.35. The maximum Gasteiger partial charge on any atom is 0.222 e. The van der Waals surface area contributed by atoms with Crippen LogP contribution in [0.1, 0.15) is 32.1 Å². The highest BCUT2D eigenvalue weighted by Crippen LogP contribution is 2.17. The summed E-state index contributed by atoms with van der Waals surface area (Å²) in [4.78, 5) is 13.8. The molecular formula is C11H22N2O2. The number of ether oxygens (including phenoxy) is 1. The van der Waals surface area contributed by atoms with Crippen LogP contribution in [0.2, 0.25) is 0 Å². The second-order valence-corrected chi connectivity index (χ2v) is 4.07. The summed E-state index contributed by atoms with van der Waals surface area (Å²) in [7, 11) is 1.66. The van der Waals surface area contributed by atoms with Crippen molar-refractivity contribution < 1.29 is 9.53 Å². The number of hydrogen-bond acceptors (Lipinski definition) is 3. The molecule has 1 rings (SSSR count). The molecule has 0 spiro atoms. The van der Waals surface area contributed by atoms with E-state index in [0.29, 0.717) is 19.6 Å². The third-order valence-electron chi connectivity index (χ3n) is 2.96. The van der Waals surface area contributed by atoms with Gasteiger partial charge in [0.15, 0.2) is 0 Å². The fraction of sp³-hybridized carbons (Fsp3) is 0.909.